The van der Waals surface area contributed by atoms with E-state index >= 15 is 0 Å². The summed E-state index contributed by atoms with van der Waals surface area (Å²) in [6, 6.07) is 5.06. The van der Waals surface area contributed by atoms with E-state index in [1.807, 2.05) is 11.3 Å². The predicted octanol–water partition coefficient (Wildman–Crippen LogP) is 4.20. The zero-order valence-electron chi connectivity index (χ0n) is 9.96. The Kier molecular flexibility index (Phi) is 6.69. The topological polar surface area (TPSA) is 12.0 Å². The van der Waals surface area contributed by atoms with Crippen LogP contribution in [0.4, 0.5) is 0 Å². The molecule has 0 amide bonds. The van der Waals surface area contributed by atoms with Crippen molar-refractivity contribution in [2.45, 2.75) is 58.5 Å². The maximum atomic E-state index is 3.67. The van der Waals surface area contributed by atoms with Crippen molar-refractivity contribution in [1.82, 2.24) is 5.32 Å². The smallest absolute Gasteiger partial charge is 0.0302 e. The second-order valence-corrected chi connectivity index (χ2v) is 5.12. The fourth-order valence-corrected chi connectivity index (χ4v) is 2.46. The lowest BCUT2D eigenvalue weighted by Gasteiger charge is -2.17. The molecule has 0 bridgehead atoms. The van der Waals surface area contributed by atoms with Gasteiger partial charge in [-0.2, -0.15) is 0 Å². The molecular weight excluding hydrogens is 202 g/mol. The normalized spacial score (nSPS) is 12.9. The maximum absolute atomic E-state index is 3.67. The molecule has 0 aliphatic rings. The second kappa shape index (κ2) is 7.89. The van der Waals surface area contributed by atoms with Gasteiger partial charge in [0.05, 0.1) is 0 Å². The molecule has 0 radical (unpaired) electrons. The number of unbranched alkanes of at least 4 members (excludes halogenated alkanes) is 1. The highest BCUT2D eigenvalue weighted by Crippen LogP contribution is 2.11. The van der Waals surface area contributed by atoms with Crippen LogP contribution in [-0.4, -0.2) is 6.04 Å². The highest BCUT2D eigenvalue weighted by Gasteiger charge is 2.06. The van der Waals surface area contributed by atoms with Gasteiger partial charge in [0.15, 0.2) is 0 Å². The quantitative estimate of drug-likeness (QED) is 0.699. The molecule has 0 aromatic carbocycles. The van der Waals surface area contributed by atoms with Crippen LogP contribution >= 0.6 is 11.3 Å². The van der Waals surface area contributed by atoms with Crippen LogP contribution in [0.2, 0.25) is 0 Å². The Labute approximate surface area is 97.9 Å². The fraction of sp³-hybridized carbons (Fsp3) is 0.692. The number of nitrogens with one attached hydrogen (secondary N) is 1. The fourth-order valence-electron chi connectivity index (χ4n) is 1.81. The minimum atomic E-state index is 0.719. The van der Waals surface area contributed by atoms with Crippen LogP contribution in [0.25, 0.3) is 0 Å². The third-order valence-corrected chi connectivity index (χ3v) is 3.56. The summed E-state index contributed by atoms with van der Waals surface area (Å²) >= 11 is 1.84. The number of thiophene rings is 1. The van der Waals surface area contributed by atoms with Gasteiger partial charge in [0.25, 0.3) is 0 Å². The van der Waals surface area contributed by atoms with Crippen LogP contribution in [-0.2, 0) is 6.54 Å². The first-order valence-electron chi connectivity index (χ1n) is 6.12. The monoisotopic (exact) mass is 225 g/mol. The van der Waals surface area contributed by atoms with Crippen molar-refractivity contribution >= 4 is 11.3 Å². The molecule has 1 aromatic heterocycles. The van der Waals surface area contributed by atoms with Gasteiger partial charge in [0, 0.05) is 17.5 Å². The van der Waals surface area contributed by atoms with E-state index in [0.717, 1.165) is 12.6 Å². The van der Waals surface area contributed by atoms with Gasteiger partial charge in [-0.3, -0.25) is 0 Å². The van der Waals surface area contributed by atoms with E-state index in [0.29, 0.717) is 0 Å². The van der Waals surface area contributed by atoms with Crippen LogP contribution < -0.4 is 5.32 Å². The summed E-state index contributed by atoms with van der Waals surface area (Å²) in [5.74, 6) is 0. The Morgan fingerprint density at radius 3 is 2.73 bits per heavy atom. The van der Waals surface area contributed by atoms with Crippen LogP contribution in [0.3, 0.4) is 0 Å². The van der Waals surface area contributed by atoms with Gasteiger partial charge in [-0.05, 0) is 24.3 Å². The summed E-state index contributed by atoms with van der Waals surface area (Å²) in [5, 5.41) is 5.82. The first kappa shape index (κ1) is 12.7. The summed E-state index contributed by atoms with van der Waals surface area (Å²) in [5.41, 5.74) is 0. The lowest BCUT2D eigenvalue weighted by atomic mass is 10.1. The molecule has 1 aromatic rings. The number of hydrogen-bond donors (Lipinski definition) is 1. The van der Waals surface area contributed by atoms with Crippen molar-refractivity contribution in [2.24, 2.45) is 0 Å². The van der Waals surface area contributed by atoms with Crippen molar-refractivity contribution in [3.05, 3.63) is 22.4 Å². The molecule has 0 saturated heterocycles. The van der Waals surface area contributed by atoms with E-state index in [2.05, 4.69) is 36.7 Å². The molecule has 0 aliphatic carbocycles. The molecule has 0 spiro atoms. The molecular formula is C13H23NS. The standard InChI is InChI=1S/C13H23NS/c1-3-5-8-12(7-4-2)14-11-13-9-6-10-15-13/h6,9-10,12,14H,3-5,7-8,11H2,1-2H3. The lowest BCUT2D eigenvalue weighted by Crippen LogP contribution is -2.28. The van der Waals surface area contributed by atoms with Crippen LogP contribution in [0, 0.1) is 0 Å². The summed E-state index contributed by atoms with van der Waals surface area (Å²) in [4.78, 5) is 1.45. The predicted molar refractivity (Wildman–Crippen MR) is 69.4 cm³/mol. The van der Waals surface area contributed by atoms with Crippen LogP contribution in [0.1, 0.15) is 50.8 Å². The summed E-state index contributed by atoms with van der Waals surface area (Å²) < 4.78 is 0. The molecule has 1 nitrogen and oxygen atoms in total. The Hall–Kier alpha value is -0.340. The van der Waals surface area contributed by atoms with Gasteiger partial charge in [0.1, 0.15) is 0 Å². The van der Waals surface area contributed by atoms with Gasteiger partial charge >= 0.3 is 0 Å². The molecule has 0 saturated carbocycles. The Morgan fingerprint density at radius 2 is 2.13 bits per heavy atom. The van der Waals surface area contributed by atoms with E-state index in [-0.39, 0.29) is 0 Å². The minimum absolute atomic E-state index is 0.719. The average molecular weight is 225 g/mol. The zero-order chi connectivity index (χ0) is 10.9. The van der Waals surface area contributed by atoms with E-state index in [1.54, 1.807) is 0 Å². The largest absolute Gasteiger partial charge is 0.309 e. The van der Waals surface area contributed by atoms with Crippen LogP contribution in [0.5, 0.6) is 0 Å². The van der Waals surface area contributed by atoms with Gasteiger partial charge in [-0.1, -0.05) is 39.2 Å². The molecule has 1 N–H and O–H groups in total. The third kappa shape index (κ3) is 5.33. The van der Waals surface area contributed by atoms with Crippen molar-refractivity contribution in [2.75, 3.05) is 0 Å². The van der Waals surface area contributed by atoms with Crippen molar-refractivity contribution in [3.8, 4) is 0 Å². The van der Waals surface area contributed by atoms with E-state index in [1.165, 1.54) is 37.0 Å². The number of hydrogen-bond acceptors (Lipinski definition) is 2. The molecule has 15 heavy (non-hydrogen) atoms. The molecule has 0 aliphatic heterocycles. The Bertz CT molecular complexity index is 231. The van der Waals surface area contributed by atoms with Crippen molar-refractivity contribution in [3.63, 3.8) is 0 Å². The summed E-state index contributed by atoms with van der Waals surface area (Å²) in [7, 11) is 0. The first-order valence-corrected chi connectivity index (χ1v) is 7.00. The van der Waals surface area contributed by atoms with Crippen LogP contribution in [0.15, 0.2) is 17.5 Å². The third-order valence-electron chi connectivity index (χ3n) is 2.69. The highest BCUT2D eigenvalue weighted by molar-refractivity contribution is 7.09. The van der Waals surface area contributed by atoms with Gasteiger partial charge in [-0.15, -0.1) is 11.3 Å². The van der Waals surface area contributed by atoms with E-state index < -0.39 is 0 Å². The Morgan fingerprint density at radius 1 is 1.27 bits per heavy atom. The van der Waals surface area contributed by atoms with Gasteiger partial charge < -0.3 is 5.32 Å². The molecule has 0 fully saturated rings. The molecule has 1 atom stereocenters. The van der Waals surface area contributed by atoms with Gasteiger partial charge in [-0.25, -0.2) is 0 Å². The van der Waals surface area contributed by atoms with Crippen molar-refractivity contribution < 1.29 is 0 Å². The van der Waals surface area contributed by atoms with E-state index in [9.17, 15) is 0 Å². The lowest BCUT2D eigenvalue weighted by molar-refractivity contribution is 0.435. The second-order valence-electron chi connectivity index (χ2n) is 4.09. The summed E-state index contributed by atoms with van der Waals surface area (Å²) in [6.07, 6.45) is 6.58. The molecule has 2 heteroatoms. The molecule has 1 unspecified atom stereocenters. The summed E-state index contributed by atoms with van der Waals surface area (Å²) in [6.45, 7) is 5.58. The first-order chi connectivity index (χ1) is 7.36. The molecule has 1 heterocycles. The average Bonchev–Trinajstić information content (AvgIpc) is 2.75. The molecule has 1 rings (SSSR count). The molecule has 86 valence electrons. The number of rotatable bonds is 8. The highest BCUT2D eigenvalue weighted by atomic mass is 32.1. The zero-order valence-corrected chi connectivity index (χ0v) is 10.8. The van der Waals surface area contributed by atoms with Crippen molar-refractivity contribution in [1.29, 1.82) is 0 Å². The van der Waals surface area contributed by atoms with E-state index in [4.69, 9.17) is 0 Å². The minimum Gasteiger partial charge on any atom is -0.309 e. The maximum Gasteiger partial charge on any atom is 0.0302 e. The van der Waals surface area contributed by atoms with Gasteiger partial charge in [0.2, 0.25) is 0 Å². The Balaban J connectivity index is 2.24. The SMILES string of the molecule is CCCCC(CCC)NCc1cccs1.